The Morgan fingerprint density at radius 1 is 1.22 bits per heavy atom. The number of β-amino-alcohol motifs (C(OH)–C–C–N with tert-alkyl or cyclic N) is 1. The number of benzene rings is 1. The summed E-state index contributed by atoms with van der Waals surface area (Å²) in [6, 6.07) is 8.67. The minimum atomic E-state index is -0.293. The second kappa shape index (κ2) is 8.84. The molecule has 1 aliphatic heterocycles. The SMILES string of the molecule is Cc1cc(NC(=O)c2ccccc2Cl)sc1C(=O)N1CCN(CCO)CC1. The van der Waals surface area contributed by atoms with Gasteiger partial charge in [-0.1, -0.05) is 23.7 Å². The minimum Gasteiger partial charge on any atom is -0.395 e. The standard InChI is InChI=1S/C19H22ClN3O3S/c1-13-12-16(21-18(25)14-4-2-3-5-15(14)20)27-17(13)19(26)23-8-6-22(7-9-23)10-11-24/h2-5,12,24H,6-11H2,1H3,(H,21,25). The number of rotatable bonds is 5. The smallest absolute Gasteiger partial charge is 0.264 e. The van der Waals surface area contributed by atoms with Crippen LogP contribution in [0.1, 0.15) is 25.6 Å². The van der Waals surface area contributed by atoms with Crippen molar-refractivity contribution in [2.75, 3.05) is 44.6 Å². The number of nitrogens with one attached hydrogen (secondary N) is 1. The van der Waals surface area contributed by atoms with Crippen molar-refractivity contribution in [1.29, 1.82) is 0 Å². The minimum absolute atomic E-state index is 0.0145. The van der Waals surface area contributed by atoms with Crippen LogP contribution in [0.25, 0.3) is 0 Å². The fraction of sp³-hybridized carbons (Fsp3) is 0.368. The number of carbonyl (C=O) groups is 2. The fourth-order valence-electron chi connectivity index (χ4n) is 3.04. The molecular formula is C19H22ClN3O3S. The third kappa shape index (κ3) is 4.68. The van der Waals surface area contributed by atoms with E-state index < -0.39 is 0 Å². The number of thiophene rings is 1. The lowest BCUT2D eigenvalue weighted by molar-refractivity contribution is 0.0619. The van der Waals surface area contributed by atoms with Crippen molar-refractivity contribution in [3.63, 3.8) is 0 Å². The molecule has 1 aromatic carbocycles. The van der Waals surface area contributed by atoms with E-state index in [4.69, 9.17) is 16.7 Å². The highest BCUT2D eigenvalue weighted by atomic mass is 35.5. The number of halogens is 1. The van der Waals surface area contributed by atoms with Crippen molar-refractivity contribution >= 4 is 39.8 Å². The molecule has 27 heavy (non-hydrogen) atoms. The number of piperazine rings is 1. The molecule has 2 aromatic rings. The highest BCUT2D eigenvalue weighted by Gasteiger charge is 2.25. The fourth-order valence-corrected chi connectivity index (χ4v) is 4.30. The summed E-state index contributed by atoms with van der Waals surface area (Å²) in [6.07, 6.45) is 0. The summed E-state index contributed by atoms with van der Waals surface area (Å²) in [7, 11) is 0. The van der Waals surface area contributed by atoms with E-state index in [2.05, 4.69) is 10.2 Å². The molecule has 8 heteroatoms. The Kier molecular flexibility index (Phi) is 6.49. The average Bonchev–Trinajstić information content (AvgIpc) is 3.02. The Morgan fingerprint density at radius 3 is 2.59 bits per heavy atom. The van der Waals surface area contributed by atoms with Crippen LogP contribution in [0.4, 0.5) is 5.00 Å². The molecule has 0 radical (unpaired) electrons. The normalized spacial score (nSPS) is 15.0. The van der Waals surface area contributed by atoms with E-state index in [0.717, 1.165) is 18.7 Å². The second-order valence-electron chi connectivity index (χ2n) is 6.41. The van der Waals surface area contributed by atoms with E-state index in [1.54, 1.807) is 24.3 Å². The molecule has 2 amide bonds. The third-order valence-electron chi connectivity index (χ3n) is 4.54. The maximum atomic E-state index is 12.8. The van der Waals surface area contributed by atoms with Gasteiger partial charge in [0.25, 0.3) is 11.8 Å². The predicted octanol–water partition coefficient (Wildman–Crippen LogP) is 2.71. The first-order valence-electron chi connectivity index (χ1n) is 8.78. The predicted molar refractivity (Wildman–Crippen MR) is 108 cm³/mol. The van der Waals surface area contributed by atoms with E-state index in [9.17, 15) is 9.59 Å². The van der Waals surface area contributed by atoms with E-state index >= 15 is 0 Å². The lowest BCUT2D eigenvalue weighted by Crippen LogP contribution is -2.49. The molecule has 1 aliphatic rings. The molecule has 1 aromatic heterocycles. The van der Waals surface area contributed by atoms with E-state index in [0.29, 0.717) is 40.1 Å². The van der Waals surface area contributed by atoms with E-state index in [1.807, 2.05) is 17.9 Å². The van der Waals surface area contributed by atoms with E-state index in [-0.39, 0.29) is 18.4 Å². The summed E-state index contributed by atoms with van der Waals surface area (Å²) < 4.78 is 0. The molecule has 0 spiro atoms. The van der Waals surface area contributed by atoms with Gasteiger partial charge in [-0.15, -0.1) is 11.3 Å². The third-order valence-corrected chi connectivity index (χ3v) is 6.01. The average molecular weight is 408 g/mol. The molecule has 1 saturated heterocycles. The molecule has 2 N–H and O–H groups in total. The molecule has 0 bridgehead atoms. The van der Waals surface area contributed by atoms with Gasteiger partial charge >= 0.3 is 0 Å². The molecule has 2 heterocycles. The molecule has 0 saturated carbocycles. The Hall–Kier alpha value is -1.93. The molecule has 0 unspecified atom stereocenters. The summed E-state index contributed by atoms with van der Waals surface area (Å²) >= 11 is 7.35. The van der Waals surface area contributed by atoms with Gasteiger partial charge in [0.05, 0.1) is 27.1 Å². The highest BCUT2D eigenvalue weighted by molar-refractivity contribution is 7.18. The van der Waals surface area contributed by atoms with Crippen molar-refractivity contribution in [3.8, 4) is 0 Å². The Labute approximate surface area is 167 Å². The van der Waals surface area contributed by atoms with Crippen LogP contribution < -0.4 is 5.32 Å². The number of hydrogen-bond acceptors (Lipinski definition) is 5. The van der Waals surface area contributed by atoms with Gasteiger partial charge in [0.2, 0.25) is 0 Å². The quantitative estimate of drug-likeness (QED) is 0.799. The van der Waals surface area contributed by atoms with Gasteiger partial charge < -0.3 is 15.3 Å². The van der Waals surface area contributed by atoms with Gasteiger partial charge in [0, 0.05) is 32.7 Å². The first-order chi connectivity index (χ1) is 13.0. The lowest BCUT2D eigenvalue weighted by Gasteiger charge is -2.34. The topological polar surface area (TPSA) is 72.9 Å². The van der Waals surface area contributed by atoms with Crippen LogP contribution >= 0.6 is 22.9 Å². The Morgan fingerprint density at radius 2 is 1.93 bits per heavy atom. The largest absolute Gasteiger partial charge is 0.395 e. The van der Waals surface area contributed by atoms with Gasteiger partial charge in [0.15, 0.2) is 0 Å². The Balaban J connectivity index is 1.67. The molecule has 1 fully saturated rings. The number of aryl methyl sites for hydroxylation is 1. The zero-order valence-corrected chi connectivity index (χ0v) is 16.6. The first-order valence-corrected chi connectivity index (χ1v) is 9.98. The zero-order chi connectivity index (χ0) is 19.4. The maximum Gasteiger partial charge on any atom is 0.264 e. The van der Waals surface area contributed by atoms with Crippen LogP contribution in [0, 0.1) is 6.92 Å². The summed E-state index contributed by atoms with van der Waals surface area (Å²) in [4.78, 5) is 29.9. The van der Waals surface area contributed by atoms with Crippen molar-refractivity contribution in [3.05, 3.63) is 51.4 Å². The van der Waals surface area contributed by atoms with Crippen LogP contribution in [-0.4, -0.2) is 66.1 Å². The molecule has 0 atom stereocenters. The summed E-state index contributed by atoms with van der Waals surface area (Å²) in [5, 5.41) is 12.9. The summed E-state index contributed by atoms with van der Waals surface area (Å²) in [6.45, 7) is 5.43. The Bertz CT molecular complexity index is 831. The van der Waals surface area contributed by atoms with Crippen molar-refractivity contribution in [2.45, 2.75) is 6.92 Å². The number of amides is 2. The van der Waals surface area contributed by atoms with Crippen molar-refractivity contribution < 1.29 is 14.7 Å². The van der Waals surface area contributed by atoms with Gasteiger partial charge in [-0.3, -0.25) is 14.5 Å². The summed E-state index contributed by atoms with van der Waals surface area (Å²) in [5.41, 5.74) is 1.25. The number of aliphatic hydroxyl groups is 1. The second-order valence-corrected chi connectivity index (χ2v) is 7.87. The van der Waals surface area contributed by atoms with Crippen LogP contribution in [0.2, 0.25) is 5.02 Å². The van der Waals surface area contributed by atoms with E-state index in [1.165, 1.54) is 11.3 Å². The maximum absolute atomic E-state index is 12.8. The van der Waals surface area contributed by atoms with Crippen molar-refractivity contribution in [2.24, 2.45) is 0 Å². The lowest BCUT2D eigenvalue weighted by atomic mass is 10.2. The van der Waals surface area contributed by atoms with Gasteiger partial charge in [0.1, 0.15) is 0 Å². The number of carbonyl (C=O) groups excluding carboxylic acids is 2. The first kappa shape index (κ1) is 19.8. The molecule has 3 rings (SSSR count). The molecule has 0 aliphatic carbocycles. The van der Waals surface area contributed by atoms with Crippen LogP contribution in [-0.2, 0) is 0 Å². The van der Waals surface area contributed by atoms with Crippen LogP contribution in [0.5, 0.6) is 0 Å². The monoisotopic (exact) mass is 407 g/mol. The van der Waals surface area contributed by atoms with Crippen LogP contribution in [0.15, 0.2) is 30.3 Å². The zero-order valence-electron chi connectivity index (χ0n) is 15.1. The van der Waals surface area contributed by atoms with Gasteiger partial charge in [-0.05, 0) is 30.7 Å². The molecular weight excluding hydrogens is 386 g/mol. The molecule has 6 nitrogen and oxygen atoms in total. The summed E-state index contributed by atoms with van der Waals surface area (Å²) in [5.74, 6) is -0.308. The number of hydrogen-bond donors (Lipinski definition) is 2. The number of nitrogens with zero attached hydrogens (tertiary/aromatic N) is 2. The van der Waals surface area contributed by atoms with Gasteiger partial charge in [-0.2, -0.15) is 0 Å². The molecule has 144 valence electrons. The number of anilines is 1. The highest BCUT2D eigenvalue weighted by Crippen LogP contribution is 2.29. The van der Waals surface area contributed by atoms with Crippen LogP contribution in [0.3, 0.4) is 0 Å². The number of aliphatic hydroxyl groups excluding tert-OH is 1. The van der Waals surface area contributed by atoms with Crippen molar-refractivity contribution in [1.82, 2.24) is 9.80 Å². The van der Waals surface area contributed by atoms with Gasteiger partial charge in [-0.25, -0.2) is 0 Å².